The summed E-state index contributed by atoms with van der Waals surface area (Å²) in [6.07, 6.45) is 15.2. The van der Waals surface area contributed by atoms with Crippen LogP contribution in [0.3, 0.4) is 0 Å². The van der Waals surface area contributed by atoms with Crippen LogP contribution in [0.5, 0.6) is 5.75 Å². The Hall–Kier alpha value is -1.59. The fourth-order valence-electron chi connectivity index (χ4n) is 8.44. The Labute approximate surface area is 186 Å². The highest BCUT2D eigenvalue weighted by Gasteiger charge is 2.59. The van der Waals surface area contributed by atoms with Crippen molar-refractivity contribution in [3.63, 3.8) is 0 Å². The maximum Gasteiger partial charge on any atom is 0.0948 e. The highest BCUT2D eigenvalue weighted by molar-refractivity contribution is 5.85. The van der Waals surface area contributed by atoms with Gasteiger partial charge in [-0.3, -0.25) is 15.4 Å². The van der Waals surface area contributed by atoms with Gasteiger partial charge in [-0.25, -0.2) is 0 Å². The van der Waals surface area contributed by atoms with Crippen LogP contribution in [0.25, 0.3) is 0 Å². The number of hydrogen-bond donors (Lipinski definition) is 2. The number of rotatable bonds is 3. The van der Waals surface area contributed by atoms with E-state index in [2.05, 4.69) is 13.8 Å². The van der Waals surface area contributed by atoms with Gasteiger partial charge < -0.3 is 5.11 Å². The van der Waals surface area contributed by atoms with E-state index in [9.17, 15) is 15.5 Å². The van der Waals surface area contributed by atoms with E-state index >= 15 is 0 Å². The Bertz CT molecular complexity index is 855. The molecule has 5 heteroatoms. The minimum atomic E-state index is -0.138. The lowest BCUT2D eigenvalue weighted by atomic mass is 9.45. The van der Waals surface area contributed by atoms with Crippen LogP contribution in [0.15, 0.2) is 23.2 Å². The van der Waals surface area contributed by atoms with E-state index in [1.165, 1.54) is 76.0 Å². The number of nitrogens with zero attached hydrogens (tertiary/aromatic N) is 2. The first-order chi connectivity index (χ1) is 14.8. The second kappa shape index (κ2) is 7.77. The lowest BCUT2D eigenvalue weighted by molar-refractivity contribution is -0.268. The van der Waals surface area contributed by atoms with Gasteiger partial charge in [0.25, 0.3) is 0 Å². The number of aliphatic imine (C=N–C) groups is 1. The van der Waals surface area contributed by atoms with Crippen LogP contribution in [0.2, 0.25) is 0 Å². The lowest BCUT2D eigenvalue weighted by Crippen LogP contribution is -2.53. The second-order valence-electron chi connectivity index (χ2n) is 11.3. The molecule has 7 atom stereocenters. The van der Waals surface area contributed by atoms with E-state index < -0.39 is 0 Å². The van der Waals surface area contributed by atoms with E-state index in [1.54, 1.807) is 6.21 Å². The maximum atomic E-state index is 12.2. The molecule has 4 aliphatic rings. The molecule has 0 aliphatic heterocycles. The number of anilines is 1. The molecule has 5 nitrogen and oxygen atoms in total. The molecule has 0 heterocycles. The predicted octanol–water partition coefficient (Wildman–Crippen LogP) is 5.57. The van der Waals surface area contributed by atoms with Gasteiger partial charge in [0.15, 0.2) is 0 Å². The van der Waals surface area contributed by atoms with Crippen molar-refractivity contribution in [2.75, 3.05) is 5.23 Å². The van der Waals surface area contributed by atoms with Crippen molar-refractivity contribution in [3.8, 4) is 5.75 Å². The van der Waals surface area contributed by atoms with Crippen LogP contribution in [0, 0.1) is 34.5 Å². The van der Waals surface area contributed by atoms with Gasteiger partial charge in [0.05, 0.1) is 11.7 Å². The topological polar surface area (TPSA) is 79.1 Å². The molecule has 0 amide bonds. The van der Waals surface area contributed by atoms with Crippen molar-refractivity contribution in [3.05, 3.63) is 23.8 Å². The quantitative estimate of drug-likeness (QED) is 0.490. The van der Waals surface area contributed by atoms with E-state index in [1.807, 2.05) is 0 Å². The molecule has 0 radical (unpaired) electrons. The maximum absolute atomic E-state index is 12.2. The van der Waals surface area contributed by atoms with Gasteiger partial charge in [-0.05, 0) is 104 Å². The zero-order valence-corrected chi connectivity index (χ0v) is 19.0. The zero-order valence-electron chi connectivity index (χ0n) is 19.0. The molecular formula is C26H37N2O3-. The summed E-state index contributed by atoms with van der Waals surface area (Å²) in [5.74, 6) is 3.28. The first-order valence-corrected chi connectivity index (χ1v) is 12.3. The Balaban J connectivity index is 1.36. The van der Waals surface area contributed by atoms with Gasteiger partial charge >= 0.3 is 0 Å². The first kappa shape index (κ1) is 21.3. The summed E-state index contributed by atoms with van der Waals surface area (Å²) in [5, 5.41) is 30.8. The summed E-state index contributed by atoms with van der Waals surface area (Å²) < 4.78 is 0. The summed E-state index contributed by atoms with van der Waals surface area (Å²) >= 11 is 0. The summed E-state index contributed by atoms with van der Waals surface area (Å²) in [7, 11) is 0. The van der Waals surface area contributed by atoms with E-state index in [0.717, 1.165) is 30.1 Å². The Morgan fingerprint density at radius 3 is 2.58 bits per heavy atom. The second-order valence-corrected chi connectivity index (χ2v) is 11.3. The Morgan fingerprint density at radius 2 is 1.77 bits per heavy atom. The highest BCUT2D eigenvalue weighted by atomic mass is 16.8. The van der Waals surface area contributed by atoms with Gasteiger partial charge in [-0.1, -0.05) is 38.5 Å². The van der Waals surface area contributed by atoms with Crippen molar-refractivity contribution < 1.29 is 15.5 Å². The Morgan fingerprint density at radius 1 is 0.968 bits per heavy atom. The average molecular weight is 426 g/mol. The summed E-state index contributed by atoms with van der Waals surface area (Å²) in [5.41, 5.74) is 1.37. The fourth-order valence-corrected chi connectivity index (χ4v) is 8.44. The van der Waals surface area contributed by atoms with Crippen LogP contribution in [0.1, 0.15) is 83.6 Å². The minimum absolute atomic E-state index is 0.0488. The van der Waals surface area contributed by atoms with Crippen LogP contribution in [-0.4, -0.2) is 22.7 Å². The van der Waals surface area contributed by atoms with Gasteiger partial charge in [0.1, 0.15) is 0 Å². The predicted molar refractivity (Wildman–Crippen MR) is 120 cm³/mol. The Kier molecular flexibility index (Phi) is 5.33. The third-order valence-corrected chi connectivity index (χ3v) is 10.2. The summed E-state index contributed by atoms with van der Waals surface area (Å²) in [6, 6.07) is 4.50. The van der Waals surface area contributed by atoms with Crippen molar-refractivity contribution in [1.82, 2.24) is 0 Å². The molecule has 170 valence electrons. The molecule has 31 heavy (non-hydrogen) atoms. The standard InChI is InChI=1S/C26H38N2O3/c1-25-13-4-3-5-18(25)6-8-20-21-9-11-24(26(21,2)14-12-22(20)25)27-16-17-15-19(28(30)31)7-10-23(17)29/h7,10,15-16,18,20-22,24,29-31H,3-6,8-9,11-14H2,1-2H3/p-1. The molecule has 0 aromatic heterocycles. The molecule has 4 aliphatic carbocycles. The molecule has 7 unspecified atom stereocenters. The first-order valence-electron chi connectivity index (χ1n) is 12.3. The molecule has 0 bridgehead atoms. The van der Waals surface area contributed by atoms with Gasteiger partial charge in [0.2, 0.25) is 0 Å². The molecule has 5 rings (SSSR count). The molecular weight excluding hydrogens is 388 g/mol. The number of fused-ring (bicyclic) bond motifs is 5. The molecule has 4 saturated carbocycles. The number of hydrogen-bond acceptors (Lipinski definition) is 5. The molecule has 1 aromatic carbocycles. The smallest absolute Gasteiger partial charge is 0.0948 e. The van der Waals surface area contributed by atoms with E-state index in [-0.39, 0.29) is 28.1 Å². The van der Waals surface area contributed by atoms with Crippen molar-refractivity contribution in [1.29, 1.82) is 0 Å². The zero-order chi connectivity index (χ0) is 21.8. The molecule has 1 aromatic rings. The van der Waals surface area contributed by atoms with Crippen molar-refractivity contribution >= 4 is 11.9 Å². The van der Waals surface area contributed by atoms with E-state index in [0.29, 0.717) is 11.0 Å². The molecule has 4 fully saturated rings. The third-order valence-electron chi connectivity index (χ3n) is 10.2. The molecule has 0 spiro atoms. The fraction of sp³-hybridized carbons (Fsp3) is 0.731. The average Bonchev–Trinajstić information content (AvgIpc) is 3.09. The van der Waals surface area contributed by atoms with Gasteiger partial charge in [-0.15, -0.1) is 5.23 Å². The SMILES string of the molecule is CC12CCCCC1CCC1C2CCC2(C)C(N=Cc3cc(N(O)O)ccc3[O-])CCC12. The molecule has 0 saturated heterocycles. The van der Waals surface area contributed by atoms with Crippen LogP contribution in [-0.2, 0) is 0 Å². The normalized spacial score (nSPS) is 42.1. The summed E-state index contributed by atoms with van der Waals surface area (Å²) in [4.78, 5) is 4.94. The van der Waals surface area contributed by atoms with Crippen LogP contribution >= 0.6 is 0 Å². The number of benzene rings is 1. The monoisotopic (exact) mass is 425 g/mol. The van der Waals surface area contributed by atoms with Crippen molar-refractivity contribution in [2.24, 2.45) is 39.5 Å². The highest BCUT2D eigenvalue weighted by Crippen LogP contribution is 2.66. The van der Waals surface area contributed by atoms with Gasteiger partial charge in [-0.2, -0.15) is 0 Å². The van der Waals surface area contributed by atoms with Crippen LogP contribution in [0.4, 0.5) is 5.69 Å². The minimum Gasteiger partial charge on any atom is -0.872 e. The third kappa shape index (κ3) is 3.39. The van der Waals surface area contributed by atoms with Crippen molar-refractivity contribution in [2.45, 2.75) is 84.1 Å². The lowest BCUT2D eigenvalue weighted by Gasteiger charge is -2.60. The molecule has 2 N–H and O–H groups in total. The van der Waals surface area contributed by atoms with Gasteiger partial charge in [0, 0.05) is 6.21 Å². The van der Waals surface area contributed by atoms with Crippen LogP contribution < -0.4 is 10.3 Å². The summed E-state index contributed by atoms with van der Waals surface area (Å²) in [6.45, 7) is 5.07. The van der Waals surface area contributed by atoms with E-state index in [4.69, 9.17) is 4.99 Å². The largest absolute Gasteiger partial charge is 0.872 e.